The van der Waals surface area contributed by atoms with E-state index in [1.807, 2.05) is 48.5 Å². The zero-order valence-corrected chi connectivity index (χ0v) is 15.8. The molecule has 1 aliphatic rings. The number of halogens is 2. The lowest BCUT2D eigenvalue weighted by molar-refractivity contribution is -0.111. The Balaban J connectivity index is 1.88. The topological polar surface area (TPSA) is 41.9 Å². The summed E-state index contributed by atoms with van der Waals surface area (Å²) < 4.78 is 5.33. The maximum Gasteiger partial charge on any atom is 0.282 e. The summed E-state index contributed by atoms with van der Waals surface area (Å²) in [5.74, 6) is 0.453. The molecule has 1 heterocycles. The van der Waals surface area contributed by atoms with Crippen LogP contribution >= 0.6 is 23.2 Å². The molecule has 4 nitrogen and oxygen atoms in total. The monoisotopic (exact) mass is 396 g/mol. The van der Waals surface area contributed by atoms with Crippen LogP contribution in [0.5, 0.6) is 5.75 Å². The number of hydrogen-bond acceptors (Lipinski definition) is 3. The highest BCUT2D eigenvalue weighted by Crippen LogP contribution is 2.39. The number of rotatable bonds is 3. The average Bonchev–Trinajstić information content (AvgIpc) is 2.96. The zero-order valence-electron chi connectivity index (χ0n) is 14.3. The number of benzene rings is 3. The smallest absolute Gasteiger partial charge is 0.282 e. The molecule has 0 spiro atoms. The number of carbonyl (C=O) groups excluding carboxylic acids is 1. The van der Waals surface area contributed by atoms with Crippen LogP contribution in [0, 0.1) is 0 Å². The van der Waals surface area contributed by atoms with E-state index in [1.165, 1.54) is 0 Å². The molecule has 0 atom stereocenters. The molecule has 3 aromatic rings. The minimum atomic E-state index is -0.212. The van der Waals surface area contributed by atoms with Gasteiger partial charge in [-0.25, -0.2) is 4.99 Å². The Morgan fingerprint density at radius 1 is 0.926 bits per heavy atom. The van der Waals surface area contributed by atoms with Gasteiger partial charge in [-0.2, -0.15) is 0 Å². The SMILES string of the molecule is COc1ccc2c(c1)N(c1ccccc1)C(=O)/C2=N\c1ccc(Cl)c(Cl)c1. The van der Waals surface area contributed by atoms with Crippen molar-refractivity contribution in [2.45, 2.75) is 0 Å². The van der Waals surface area contributed by atoms with Crippen LogP contribution in [0.15, 0.2) is 71.7 Å². The van der Waals surface area contributed by atoms with Crippen LogP contribution in [0.25, 0.3) is 0 Å². The summed E-state index contributed by atoms with van der Waals surface area (Å²) in [6.07, 6.45) is 0. The van der Waals surface area contributed by atoms with Crippen molar-refractivity contribution in [1.29, 1.82) is 0 Å². The molecular formula is C21H14Cl2N2O2. The fourth-order valence-corrected chi connectivity index (χ4v) is 3.27. The molecule has 0 bridgehead atoms. The molecule has 0 saturated heterocycles. The Morgan fingerprint density at radius 2 is 1.70 bits per heavy atom. The Hall–Kier alpha value is -2.82. The molecule has 4 rings (SSSR count). The van der Waals surface area contributed by atoms with E-state index in [-0.39, 0.29) is 5.91 Å². The van der Waals surface area contributed by atoms with Crippen molar-refractivity contribution in [3.63, 3.8) is 0 Å². The summed E-state index contributed by atoms with van der Waals surface area (Å²) in [4.78, 5) is 19.4. The standard InChI is InChI=1S/C21H14Cl2N2O2/c1-27-15-8-9-16-19(12-15)25(14-5-3-2-4-6-14)21(26)20(16)24-13-7-10-17(22)18(23)11-13/h2-12H,1H3/b24-20-. The highest BCUT2D eigenvalue weighted by Gasteiger charge is 2.35. The summed E-state index contributed by atoms with van der Waals surface area (Å²) in [6.45, 7) is 0. The van der Waals surface area contributed by atoms with Gasteiger partial charge in [-0.05, 0) is 42.5 Å². The third kappa shape index (κ3) is 3.18. The molecule has 0 aromatic heterocycles. The number of carbonyl (C=O) groups is 1. The lowest BCUT2D eigenvalue weighted by Crippen LogP contribution is -2.25. The van der Waals surface area contributed by atoms with Gasteiger partial charge in [0.2, 0.25) is 0 Å². The Bertz CT molecular complexity index is 1070. The van der Waals surface area contributed by atoms with E-state index >= 15 is 0 Å². The molecule has 27 heavy (non-hydrogen) atoms. The van der Waals surface area contributed by atoms with Gasteiger partial charge >= 0.3 is 0 Å². The highest BCUT2D eigenvalue weighted by atomic mass is 35.5. The molecule has 0 fully saturated rings. The fourth-order valence-electron chi connectivity index (χ4n) is 2.98. The molecule has 0 aliphatic carbocycles. The third-order valence-electron chi connectivity index (χ3n) is 4.27. The van der Waals surface area contributed by atoms with Gasteiger partial charge in [0.25, 0.3) is 5.91 Å². The molecule has 0 N–H and O–H groups in total. The Labute approximate surface area is 166 Å². The van der Waals surface area contributed by atoms with Crippen LogP contribution in [0.3, 0.4) is 0 Å². The van der Waals surface area contributed by atoms with Crippen LogP contribution in [-0.2, 0) is 4.79 Å². The summed E-state index contributed by atoms with van der Waals surface area (Å²) in [5, 5.41) is 0.827. The predicted octanol–water partition coefficient (Wildman–Crippen LogP) is 5.80. The van der Waals surface area contributed by atoms with Crippen molar-refractivity contribution in [1.82, 2.24) is 0 Å². The first-order chi connectivity index (χ1) is 13.1. The number of ether oxygens (including phenoxy) is 1. The summed E-state index contributed by atoms with van der Waals surface area (Å²) >= 11 is 12.1. The van der Waals surface area contributed by atoms with Crippen LogP contribution < -0.4 is 9.64 Å². The number of nitrogens with zero attached hydrogens (tertiary/aromatic N) is 2. The average molecular weight is 397 g/mol. The molecule has 1 amide bonds. The molecule has 0 radical (unpaired) electrons. The van der Waals surface area contributed by atoms with E-state index in [9.17, 15) is 4.79 Å². The maximum absolute atomic E-state index is 13.2. The first-order valence-corrected chi connectivity index (χ1v) is 8.96. The normalized spacial score (nSPS) is 14.6. The lowest BCUT2D eigenvalue weighted by Gasteiger charge is -2.17. The van der Waals surface area contributed by atoms with Crippen molar-refractivity contribution >= 4 is 51.9 Å². The van der Waals surface area contributed by atoms with E-state index < -0.39 is 0 Å². The van der Waals surface area contributed by atoms with Crippen LogP contribution in [0.4, 0.5) is 17.1 Å². The second-order valence-corrected chi connectivity index (χ2v) is 6.73. The number of anilines is 2. The first-order valence-electron chi connectivity index (χ1n) is 8.20. The van der Waals surface area contributed by atoms with Gasteiger partial charge in [-0.1, -0.05) is 41.4 Å². The van der Waals surface area contributed by atoms with Gasteiger partial charge in [0.15, 0.2) is 0 Å². The molecule has 0 saturated carbocycles. The predicted molar refractivity (Wildman–Crippen MR) is 109 cm³/mol. The van der Waals surface area contributed by atoms with Gasteiger partial charge in [0.1, 0.15) is 11.5 Å². The van der Waals surface area contributed by atoms with Gasteiger partial charge in [0.05, 0.1) is 28.5 Å². The zero-order chi connectivity index (χ0) is 19.0. The van der Waals surface area contributed by atoms with Gasteiger partial charge in [0, 0.05) is 17.3 Å². The van der Waals surface area contributed by atoms with Crippen molar-refractivity contribution in [2.75, 3.05) is 12.0 Å². The number of para-hydroxylation sites is 1. The summed E-state index contributed by atoms with van der Waals surface area (Å²) in [5.41, 5.74) is 3.12. The Morgan fingerprint density at radius 3 is 2.41 bits per heavy atom. The second kappa shape index (κ2) is 7.06. The summed E-state index contributed by atoms with van der Waals surface area (Å²) in [7, 11) is 1.59. The maximum atomic E-state index is 13.2. The third-order valence-corrected chi connectivity index (χ3v) is 5.00. The second-order valence-electron chi connectivity index (χ2n) is 5.92. The van der Waals surface area contributed by atoms with Gasteiger partial charge < -0.3 is 4.74 Å². The van der Waals surface area contributed by atoms with Gasteiger partial charge in [-0.3, -0.25) is 9.69 Å². The van der Waals surface area contributed by atoms with E-state index in [1.54, 1.807) is 30.2 Å². The first kappa shape index (κ1) is 17.6. The molecule has 134 valence electrons. The molecular weight excluding hydrogens is 383 g/mol. The fraction of sp³-hybridized carbons (Fsp3) is 0.0476. The van der Waals surface area contributed by atoms with Crippen molar-refractivity contribution in [3.05, 3.63) is 82.3 Å². The minimum Gasteiger partial charge on any atom is -0.497 e. The molecule has 3 aromatic carbocycles. The van der Waals surface area contributed by atoms with E-state index in [2.05, 4.69) is 4.99 Å². The highest BCUT2D eigenvalue weighted by molar-refractivity contribution is 6.56. The number of hydrogen-bond donors (Lipinski definition) is 0. The van der Waals surface area contributed by atoms with Crippen LogP contribution in [-0.4, -0.2) is 18.7 Å². The Kier molecular flexibility index (Phi) is 4.60. The molecule has 0 unspecified atom stereocenters. The van der Waals surface area contributed by atoms with Crippen LogP contribution in [0.2, 0.25) is 10.0 Å². The number of methoxy groups -OCH3 is 1. The van der Waals surface area contributed by atoms with Crippen molar-refractivity contribution in [2.24, 2.45) is 4.99 Å². The largest absolute Gasteiger partial charge is 0.497 e. The number of fused-ring (bicyclic) bond motifs is 1. The van der Waals surface area contributed by atoms with Crippen molar-refractivity contribution < 1.29 is 9.53 Å². The quantitative estimate of drug-likeness (QED) is 0.561. The number of amides is 1. The minimum absolute atomic E-state index is 0.212. The summed E-state index contributed by atoms with van der Waals surface area (Å²) in [6, 6.07) is 19.9. The van der Waals surface area contributed by atoms with Gasteiger partial charge in [-0.15, -0.1) is 0 Å². The number of aliphatic imine (C=N–C) groups is 1. The molecule has 1 aliphatic heterocycles. The van der Waals surface area contributed by atoms with Crippen molar-refractivity contribution in [3.8, 4) is 5.75 Å². The molecule has 6 heteroatoms. The van der Waals surface area contributed by atoms with E-state index in [0.29, 0.717) is 27.2 Å². The lowest BCUT2D eigenvalue weighted by atomic mass is 10.1. The van der Waals surface area contributed by atoms with Crippen LogP contribution in [0.1, 0.15) is 5.56 Å². The van der Waals surface area contributed by atoms with E-state index in [0.717, 1.165) is 16.9 Å². The van der Waals surface area contributed by atoms with E-state index in [4.69, 9.17) is 27.9 Å².